The maximum atomic E-state index is 5.72. The summed E-state index contributed by atoms with van der Waals surface area (Å²) in [7, 11) is 1.81. The first-order valence-corrected chi connectivity index (χ1v) is 7.83. The molecule has 21 heavy (non-hydrogen) atoms. The molecule has 0 saturated carbocycles. The largest absolute Gasteiger partial charge is 0.378 e. The van der Waals surface area contributed by atoms with Gasteiger partial charge in [0.2, 0.25) is 0 Å². The standard InChI is InChI=1S/C17H25N3O/c1-11(2)17-19-13-9-12(3)5-6-14(13)20(17)15-7-8-18-10-16(15)21-4/h5-6,9,11,15-16,18H,7-8,10H2,1-4H3/t15?,16-/m1/s1. The average molecular weight is 287 g/mol. The summed E-state index contributed by atoms with van der Waals surface area (Å²) in [6, 6.07) is 6.92. The molecule has 1 saturated heterocycles. The number of hydrogen-bond acceptors (Lipinski definition) is 3. The van der Waals surface area contributed by atoms with E-state index < -0.39 is 0 Å². The zero-order valence-corrected chi connectivity index (χ0v) is 13.4. The molecule has 1 unspecified atom stereocenters. The zero-order chi connectivity index (χ0) is 15.0. The number of fused-ring (bicyclic) bond motifs is 1. The molecular weight excluding hydrogens is 262 g/mol. The van der Waals surface area contributed by atoms with E-state index in [4.69, 9.17) is 9.72 Å². The third-order valence-electron chi connectivity index (χ3n) is 4.41. The van der Waals surface area contributed by atoms with Gasteiger partial charge in [0.05, 0.1) is 23.2 Å². The SMILES string of the molecule is CO[C@@H]1CNCCC1n1c(C(C)C)nc2cc(C)ccc21. The highest BCUT2D eigenvalue weighted by atomic mass is 16.5. The topological polar surface area (TPSA) is 39.1 Å². The van der Waals surface area contributed by atoms with Gasteiger partial charge >= 0.3 is 0 Å². The van der Waals surface area contributed by atoms with Gasteiger partial charge in [0.25, 0.3) is 0 Å². The Labute approximate surface area is 126 Å². The molecular formula is C17H25N3O. The van der Waals surface area contributed by atoms with Gasteiger partial charge in [0, 0.05) is 19.6 Å². The highest BCUT2D eigenvalue weighted by Crippen LogP contribution is 2.31. The second kappa shape index (κ2) is 5.78. The highest BCUT2D eigenvalue weighted by Gasteiger charge is 2.30. The quantitative estimate of drug-likeness (QED) is 0.943. The van der Waals surface area contributed by atoms with Crippen LogP contribution in [0.4, 0.5) is 0 Å². The Hall–Kier alpha value is -1.39. The number of aromatic nitrogens is 2. The van der Waals surface area contributed by atoms with Crippen LogP contribution < -0.4 is 5.32 Å². The van der Waals surface area contributed by atoms with E-state index >= 15 is 0 Å². The van der Waals surface area contributed by atoms with Crippen LogP contribution in [0.1, 0.15) is 43.6 Å². The monoisotopic (exact) mass is 287 g/mol. The lowest BCUT2D eigenvalue weighted by Gasteiger charge is -2.34. The van der Waals surface area contributed by atoms with Gasteiger partial charge in [-0.25, -0.2) is 4.98 Å². The number of nitrogens with one attached hydrogen (secondary N) is 1. The second-order valence-corrected chi connectivity index (χ2v) is 6.32. The summed E-state index contributed by atoms with van der Waals surface area (Å²) in [6.45, 7) is 8.49. The van der Waals surface area contributed by atoms with Gasteiger partial charge in [0.15, 0.2) is 0 Å². The normalized spacial score (nSPS) is 23.1. The lowest BCUT2D eigenvalue weighted by molar-refractivity contribution is 0.0393. The minimum absolute atomic E-state index is 0.204. The van der Waals surface area contributed by atoms with Gasteiger partial charge in [-0.2, -0.15) is 0 Å². The molecule has 1 aromatic carbocycles. The molecule has 0 radical (unpaired) electrons. The molecule has 0 bridgehead atoms. The highest BCUT2D eigenvalue weighted by molar-refractivity contribution is 5.77. The summed E-state index contributed by atoms with van der Waals surface area (Å²) in [6.07, 6.45) is 1.28. The van der Waals surface area contributed by atoms with E-state index in [-0.39, 0.29) is 6.10 Å². The van der Waals surface area contributed by atoms with Crippen LogP contribution in [0.15, 0.2) is 18.2 Å². The number of rotatable bonds is 3. The molecule has 1 aromatic heterocycles. The molecule has 1 fully saturated rings. The molecule has 0 spiro atoms. The van der Waals surface area contributed by atoms with Crippen LogP contribution in [0, 0.1) is 6.92 Å². The van der Waals surface area contributed by atoms with Crippen LogP contribution in [0.25, 0.3) is 11.0 Å². The van der Waals surface area contributed by atoms with Crippen molar-refractivity contribution in [3.63, 3.8) is 0 Å². The van der Waals surface area contributed by atoms with Crippen LogP contribution in [-0.4, -0.2) is 35.9 Å². The minimum Gasteiger partial charge on any atom is -0.378 e. The number of methoxy groups -OCH3 is 1. The molecule has 2 atom stereocenters. The van der Waals surface area contributed by atoms with Crippen molar-refractivity contribution in [2.75, 3.05) is 20.2 Å². The van der Waals surface area contributed by atoms with E-state index in [0.29, 0.717) is 12.0 Å². The number of imidazole rings is 1. The molecule has 3 rings (SSSR count). The second-order valence-electron chi connectivity index (χ2n) is 6.32. The van der Waals surface area contributed by atoms with Crippen molar-refractivity contribution >= 4 is 11.0 Å². The summed E-state index contributed by atoms with van der Waals surface area (Å²) in [5, 5.41) is 3.42. The van der Waals surface area contributed by atoms with Crippen LogP contribution in [-0.2, 0) is 4.74 Å². The number of hydrogen-bond donors (Lipinski definition) is 1. The van der Waals surface area contributed by atoms with Gasteiger partial charge in [-0.1, -0.05) is 19.9 Å². The van der Waals surface area contributed by atoms with Crippen molar-refractivity contribution in [3.8, 4) is 0 Å². The van der Waals surface area contributed by atoms with Crippen molar-refractivity contribution in [3.05, 3.63) is 29.6 Å². The van der Waals surface area contributed by atoms with Crippen molar-refractivity contribution in [2.24, 2.45) is 0 Å². The molecule has 1 aliphatic rings. The van der Waals surface area contributed by atoms with Crippen LogP contribution in [0.3, 0.4) is 0 Å². The Morgan fingerprint density at radius 2 is 2.19 bits per heavy atom. The molecule has 4 nitrogen and oxygen atoms in total. The number of piperidine rings is 1. The predicted molar refractivity (Wildman–Crippen MR) is 85.9 cm³/mol. The Bertz CT molecular complexity index is 632. The van der Waals surface area contributed by atoms with E-state index in [1.54, 1.807) is 0 Å². The molecule has 1 aliphatic heterocycles. The first-order valence-electron chi connectivity index (χ1n) is 7.83. The maximum Gasteiger partial charge on any atom is 0.112 e. The van der Waals surface area contributed by atoms with E-state index in [2.05, 4.69) is 48.9 Å². The van der Waals surface area contributed by atoms with E-state index in [1.165, 1.54) is 16.9 Å². The molecule has 2 heterocycles. The fourth-order valence-corrected chi connectivity index (χ4v) is 3.34. The van der Waals surface area contributed by atoms with Gasteiger partial charge in [-0.05, 0) is 37.6 Å². The lowest BCUT2D eigenvalue weighted by atomic mass is 10.0. The van der Waals surface area contributed by atoms with Gasteiger partial charge in [-0.3, -0.25) is 0 Å². The van der Waals surface area contributed by atoms with E-state index in [0.717, 1.165) is 25.0 Å². The fraction of sp³-hybridized carbons (Fsp3) is 0.588. The Kier molecular flexibility index (Phi) is 4.00. The number of nitrogens with zero attached hydrogens (tertiary/aromatic N) is 2. The summed E-state index contributed by atoms with van der Waals surface area (Å²) in [5.74, 6) is 1.58. The van der Waals surface area contributed by atoms with Crippen molar-refractivity contribution in [1.29, 1.82) is 0 Å². The van der Waals surface area contributed by atoms with Crippen LogP contribution in [0.5, 0.6) is 0 Å². The molecule has 2 aromatic rings. The van der Waals surface area contributed by atoms with Crippen molar-refractivity contribution < 1.29 is 4.74 Å². The van der Waals surface area contributed by atoms with Crippen molar-refractivity contribution in [1.82, 2.24) is 14.9 Å². The molecule has 4 heteroatoms. The Morgan fingerprint density at radius 1 is 1.38 bits per heavy atom. The number of ether oxygens (including phenoxy) is 1. The third kappa shape index (κ3) is 2.58. The van der Waals surface area contributed by atoms with E-state index in [9.17, 15) is 0 Å². The summed E-state index contributed by atoms with van der Waals surface area (Å²) >= 11 is 0. The predicted octanol–water partition coefficient (Wildman–Crippen LogP) is 3.02. The molecule has 1 N–H and O–H groups in total. The minimum atomic E-state index is 0.204. The number of benzene rings is 1. The van der Waals surface area contributed by atoms with Crippen molar-refractivity contribution in [2.45, 2.75) is 45.3 Å². The fourth-order valence-electron chi connectivity index (χ4n) is 3.34. The number of aryl methyl sites for hydroxylation is 1. The van der Waals surface area contributed by atoms with E-state index in [1.807, 2.05) is 7.11 Å². The summed E-state index contributed by atoms with van der Waals surface area (Å²) in [5.41, 5.74) is 3.60. The smallest absolute Gasteiger partial charge is 0.112 e. The third-order valence-corrected chi connectivity index (χ3v) is 4.41. The first-order chi connectivity index (χ1) is 10.1. The lowest BCUT2D eigenvalue weighted by Crippen LogP contribution is -2.43. The molecule has 0 aliphatic carbocycles. The van der Waals surface area contributed by atoms with Gasteiger partial charge in [-0.15, -0.1) is 0 Å². The average Bonchev–Trinajstić information content (AvgIpc) is 2.85. The summed E-state index contributed by atoms with van der Waals surface area (Å²) < 4.78 is 8.15. The first kappa shape index (κ1) is 14.5. The summed E-state index contributed by atoms with van der Waals surface area (Å²) in [4.78, 5) is 4.90. The van der Waals surface area contributed by atoms with Gasteiger partial charge < -0.3 is 14.6 Å². The van der Waals surface area contributed by atoms with Crippen LogP contribution >= 0.6 is 0 Å². The van der Waals surface area contributed by atoms with Crippen LogP contribution in [0.2, 0.25) is 0 Å². The van der Waals surface area contributed by atoms with Gasteiger partial charge in [0.1, 0.15) is 5.82 Å². The Balaban J connectivity index is 2.16. The zero-order valence-electron chi connectivity index (χ0n) is 13.4. The molecule has 0 amide bonds. The molecule has 114 valence electrons. The Morgan fingerprint density at radius 3 is 2.90 bits per heavy atom. The maximum absolute atomic E-state index is 5.72.